The molecule has 1 aliphatic rings. The molecule has 1 saturated carbocycles. The molecule has 7 heteroatoms. The highest BCUT2D eigenvalue weighted by molar-refractivity contribution is 5.95. The van der Waals surface area contributed by atoms with Gasteiger partial charge < -0.3 is 15.4 Å². The van der Waals surface area contributed by atoms with Crippen molar-refractivity contribution in [3.63, 3.8) is 0 Å². The third kappa shape index (κ3) is 3.93. The predicted octanol–water partition coefficient (Wildman–Crippen LogP) is 3.50. The van der Waals surface area contributed by atoms with E-state index in [1.807, 2.05) is 24.3 Å². The lowest BCUT2D eigenvalue weighted by molar-refractivity contribution is -0.384. The molecule has 136 valence electrons. The predicted molar refractivity (Wildman–Crippen MR) is 98.5 cm³/mol. The smallest absolute Gasteiger partial charge is 0.293 e. The van der Waals surface area contributed by atoms with E-state index in [4.69, 9.17) is 4.74 Å². The number of nitro benzene ring substituents is 1. The van der Waals surface area contributed by atoms with Gasteiger partial charge in [0.1, 0.15) is 11.4 Å². The van der Waals surface area contributed by atoms with E-state index in [9.17, 15) is 14.9 Å². The van der Waals surface area contributed by atoms with E-state index in [-0.39, 0.29) is 23.3 Å². The fourth-order valence-corrected chi connectivity index (χ4v) is 2.74. The summed E-state index contributed by atoms with van der Waals surface area (Å²) in [7, 11) is 1.49. The maximum absolute atomic E-state index is 11.7. The van der Waals surface area contributed by atoms with E-state index in [1.54, 1.807) is 12.1 Å². The summed E-state index contributed by atoms with van der Waals surface area (Å²) in [5, 5.41) is 16.9. The Hall–Kier alpha value is -3.09. The fourth-order valence-electron chi connectivity index (χ4n) is 2.74. The van der Waals surface area contributed by atoms with Gasteiger partial charge in [0.05, 0.1) is 11.0 Å². The normalized spacial score (nSPS) is 13.6. The zero-order chi connectivity index (χ0) is 18.5. The van der Waals surface area contributed by atoms with Crippen molar-refractivity contribution in [2.24, 2.45) is 0 Å². The van der Waals surface area contributed by atoms with Gasteiger partial charge in [-0.05, 0) is 37.5 Å². The molecule has 3 rings (SSSR count). The largest absolute Gasteiger partial charge is 0.490 e. The van der Waals surface area contributed by atoms with Gasteiger partial charge in [-0.25, -0.2) is 0 Å². The first-order chi connectivity index (χ1) is 12.6. The summed E-state index contributed by atoms with van der Waals surface area (Å²) in [6.45, 7) is 0.392. The first kappa shape index (κ1) is 17.7. The molecule has 0 atom stereocenters. The number of nitro groups is 1. The molecular weight excluding hydrogens is 334 g/mol. The fraction of sp³-hybridized carbons (Fsp3) is 0.316. The molecule has 0 heterocycles. The van der Waals surface area contributed by atoms with E-state index in [0.29, 0.717) is 12.2 Å². The van der Waals surface area contributed by atoms with Gasteiger partial charge in [0.25, 0.3) is 11.6 Å². The minimum Gasteiger partial charge on any atom is -0.490 e. The van der Waals surface area contributed by atoms with Crippen molar-refractivity contribution >= 4 is 17.3 Å². The monoisotopic (exact) mass is 355 g/mol. The molecule has 2 aromatic carbocycles. The Kier molecular flexibility index (Phi) is 5.36. The molecule has 0 bridgehead atoms. The SMILES string of the molecule is CNC(=O)c1ccc(NCc2ccccc2OC2CCC2)c([N+](=O)[O-])c1. The maximum atomic E-state index is 11.7. The Bertz CT molecular complexity index is 818. The van der Waals surface area contributed by atoms with Gasteiger partial charge in [0.2, 0.25) is 0 Å². The Morgan fingerprint density at radius 2 is 2.04 bits per heavy atom. The van der Waals surface area contributed by atoms with Gasteiger partial charge in [0, 0.05) is 30.8 Å². The third-order valence-electron chi connectivity index (χ3n) is 4.47. The van der Waals surface area contributed by atoms with Gasteiger partial charge >= 0.3 is 0 Å². The van der Waals surface area contributed by atoms with E-state index in [1.165, 1.54) is 19.5 Å². The van der Waals surface area contributed by atoms with Crippen LogP contribution in [0, 0.1) is 10.1 Å². The highest BCUT2D eigenvalue weighted by Gasteiger charge is 2.21. The number of ether oxygens (including phenoxy) is 1. The highest BCUT2D eigenvalue weighted by Crippen LogP contribution is 2.30. The zero-order valence-electron chi connectivity index (χ0n) is 14.5. The number of rotatable bonds is 7. The summed E-state index contributed by atoms with van der Waals surface area (Å²) in [5.41, 5.74) is 1.41. The van der Waals surface area contributed by atoms with E-state index < -0.39 is 4.92 Å². The van der Waals surface area contributed by atoms with Crippen molar-refractivity contribution in [3.8, 4) is 5.75 Å². The summed E-state index contributed by atoms with van der Waals surface area (Å²) in [6.07, 6.45) is 3.58. The highest BCUT2D eigenvalue weighted by atomic mass is 16.6. The lowest BCUT2D eigenvalue weighted by Gasteiger charge is -2.27. The number of hydrogen-bond donors (Lipinski definition) is 2. The van der Waals surface area contributed by atoms with Crippen LogP contribution >= 0.6 is 0 Å². The number of amides is 1. The molecular formula is C19H21N3O4. The van der Waals surface area contributed by atoms with Crippen molar-refractivity contribution in [2.45, 2.75) is 31.9 Å². The molecule has 0 saturated heterocycles. The molecule has 1 amide bonds. The maximum Gasteiger partial charge on any atom is 0.293 e. The van der Waals surface area contributed by atoms with Crippen LogP contribution in [0.15, 0.2) is 42.5 Å². The molecule has 0 radical (unpaired) electrons. The first-order valence-corrected chi connectivity index (χ1v) is 8.57. The van der Waals surface area contributed by atoms with Crippen LogP contribution in [0.4, 0.5) is 11.4 Å². The number of nitrogens with one attached hydrogen (secondary N) is 2. The van der Waals surface area contributed by atoms with E-state index in [0.717, 1.165) is 24.2 Å². The standard InChI is InChI=1S/C19H21N3O4/c1-20-19(23)13-9-10-16(17(11-13)22(24)25)21-12-14-5-2-3-8-18(14)26-15-6-4-7-15/h2-3,5,8-11,15,21H,4,6-7,12H2,1H3,(H,20,23). The summed E-state index contributed by atoms with van der Waals surface area (Å²) in [5.74, 6) is 0.438. The quantitative estimate of drug-likeness (QED) is 0.586. The second-order valence-corrected chi connectivity index (χ2v) is 6.20. The minimum atomic E-state index is -0.495. The van der Waals surface area contributed by atoms with Crippen LogP contribution in [0.1, 0.15) is 35.2 Å². The molecule has 0 unspecified atom stereocenters. The van der Waals surface area contributed by atoms with Gasteiger partial charge in [-0.2, -0.15) is 0 Å². The van der Waals surface area contributed by atoms with Crippen molar-refractivity contribution < 1.29 is 14.5 Å². The molecule has 0 spiro atoms. The second kappa shape index (κ2) is 7.86. The summed E-state index contributed by atoms with van der Waals surface area (Å²) < 4.78 is 5.99. The summed E-state index contributed by atoms with van der Waals surface area (Å²) in [6, 6.07) is 12.1. The first-order valence-electron chi connectivity index (χ1n) is 8.57. The number of carbonyl (C=O) groups is 1. The van der Waals surface area contributed by atoms with Crippen molar-refractivity contribution in [1.82, 2.24) is 5.32 Å². The van der Waals surface area contributed by atoms with Gasteiger partial charge in [0.15, 0.2) is 0 Å². The van der Waals surface area contributed by atoms with Crippen molar-refractivity contribution in [2.75, 3.05) is 12.4 Å². The molecule has 2 aromatic rings. The summed E-state index contributed by atoms with van der Waals surface area (Å²) >= 11 is 0. The number of benzene rings is 2. The third-order valence-corrected chi connectivity index (χ3v) is 4.47. The zero-order valence-corrected chi connectivity index (χ0v) is 14.5. The Morgan fingerprint density at radius 3 is 2.69 bits per heavy atom. The number of para-hydroxylation sites is 1. The molecule has 1 aliphatic carbocycles. The van der Waals surface area contributed by atoms with Crippen LogP contribution in [0.5, 0.6) is 5.75 Å². The van der Waals surface area contributed by atoms with Gasteiger partial charge in [-0.15, -0.1) is 0 Å². The number of anilines is 1. The molecule has 0 aromatic heterocycles. The number of nitrogens with zero attached hydrogens (tertiary/aromatic N) is 1. The molecule has 7 nitrogen and oxygen atoms in total. The van der Waals surface area contributed by atoms with Crippen molar-refractivity contribution in [3.05, 3.63) is 63.7 Å². The average Bonchev–Trinajstić information content (AvgIpc) is 2.62. The van der Waals surface area contributed by atoms with Crippen LogP contribution in [-0.2, 0) is 6.54 Å². The molecule has 0 aliphatic heterocycles. The van der Waals surface area contributed by atoms with Crippen LogP contribution in [0.3, 0.4) is 0 Å². The summed E-state index contributed by atoms with van der Waals surface area (Å²) in [4.78, 5) is 22.6. The second-order valence-electron chi connectivity index (χ2n) is 6.20. The molecule has 26 heavy (non-hydrogen) atoms. The topological polar surface area (TPSA) is 93.5 Å². The Morgan fingerprint density at radius 1 is 1.27 bits per heavy atom. The van der Waals surface area contributed by atoms with Gasteiger partial charge in [-0.1, -0.05) is 18.2 Å². The number of hydrogen-bond acceptors (Lipinski definition) is 5. The van der Waals surface area contributed by atoms with Crippen molar-refractivity contribution in [1.29, 1.82) is 0 Å². The van der Waals surface area contributed by atoms with Crippen LogP contribution in [0.2, 0.25) is 0 Å². The minimum absolute atomic E-state index is 0.136. The molecule has 1 fully saturated rings. The van der Waals surface area contributed by atoms with Gasteiger partial charge in [-0.3, -0.25) is 14.9 Å². The molecule has 2 N–H and O–H groups in total. The van der Waals surface area contributed by atoms with Crippen LogP contribution < -0.4 is 15.4 Å². The Labute approximate surface area is 151 Å². The average molecular weight is 355 g/mol. The van der Waals surface area contributed by atoms with Crippen LogP contribution in [0.25, 0.3) is 0 Å². The van der Waals surface area contributed by atoms with E-state index in [2.05, 4.69) is 10.6 Å². The van der Waals surface area contributed by atoms with Crippen LogP contribution in [-0.4, -0.2) is 24.0 Å². The lowest BCUT2D eigenvalue weighted by Crippen LogP contribution is -2.25. The lowest BCUT2D eigenvalue weighted by atomic mass is 9.96. The number of carbonyl (C=O) groups excluding carboxylic acids is 1. The Balaban J connectivity index is 1.77. The van der Waals surface area contributed by atoms with E-state index >= 15 is 0 Å².